The molecule has 0 fully saturated rings. The van der Waals surface area contributed by atoms with Crippen molar-refractivity contribution < 1.29 is 18.7 Å². The van der Waals surface area contributed by atoms with Crippen LogP contribution in [0.25, 0.3) is 10.9 Å². The zero-order chi connectivity index (χ0) is 12.4. The Balaban J connectivity index is 2.81. The van der Waals surface area contributed by atoms with Crippen LogP contribution in [0.4, 0.5) is 4.39 Å². The molecule has 0 radical (unpaired) electrons. The molecule has 0 aliphatic carbocycles. The van der Waals surface area contributed by atoms with Crippen molar-refractivity contribution in [1.29, 1.82) is 0 Å². The van der Waals surface area contributed by atoms with Gasteiger partial charge in [-0.25, -0.2) is 9.18 Å². The molecule has 5 heteroatoms. The summed E-state index contributed by atoms with van der Waals surface area (Å²) < 4.78 is 22.9. The number of rotatable bonds is 2. The first kappa shape index (κ1) is 11.3. The number of halogens is 1. The molecule has 4 nitrogen and oxygen atoms in total. The highest BCUT2D eigenvalue weighted by Gasteiger charge is 2.18. The van der Waals surface area contributed by atoms with Crippen LogP contribution in [0.5, 0.6) is 5.75 Å². The van der Waals surface area contributed by atoms with Gasteiger partial charge in [-0.15, -0.1) is 0 Å². The van der Waals surface area contributed by atoms with E-state index < -0.39 is 11.8 Å². The first-order chi connectivity index (χ1) is 8.17. The summed E-state index contributed by atoms with van der Waals surface area (Å²) in [5, 5.41) is 0.371. The average molecular weight is 235 g/mol. The van der Waals surface area contributed by atoms with E-state index >= 15 is 0 Å². The second kappa shape index (κ2) is 4.37. The topological polar surface area (TPSA) is 48.4 Å². The van der Waals surface area contributed by atoms with Crippen molar-refractivity contribution >= 4 is 16.9 Å². The van der Waals surface area contributed by atoms with E-state index in [1.54, 1.807) is 0 Å². The minimum absolute atomic E-state index is 0.180. The fourth-order valence-corrected chi connectivity index (χ4v) is 1.61. The normalized spacial score (nSPS) is 10.3. The molecule has 1 aromatic carbocycles. The Morgan fingerprint density at radius 1 is 1.35 bits per heavy atom. The second-order valence-electron chi connectivity index (χ2n) is 3.35. The summed E-state index contributed by atoms with van der Waals surface area (Å²) >= 11 is 0. The van der Waals surface area contributed by atoms with Crippen molar-refractivity contribution in [2.24, 2.45) is 0 Å². The average Bonchev–Trinajstić information content (AvgIpc) is 2.36. The van der Waals surface area contributed by atoms with Gasteiger partial charge in [-0.05, 0) is 18.2 Å². The number of fused-ring (bicyclic) bond motifs is 1. The lowest BCUT2D eigenvalue weighted by molar-refractivity contribution is 0.0599. The molecular weight excluding hydrogens is 225 g/mol. The molecule has 17 heavy (non-hydrogen) atoms. The first-order valence-corrected chi connectivity index (χ1v) is 4.88. The number of hydrogen-bond acceptors (Lipinski definition) is 4. The van der Waals surface area contributed by atoms with Gasteiger partial charge in [0.05, 0.1) is 25.9 Å². The van der Waals surface area contributed by atoms with Gasteiger partial charge in [-0.2, -0.15) is 0 Å². The number of esters is 1. The van der Waals surface area contributed by atoms with E-state index in [0.29, 0.717) is 10.9 Å². The smallest absolute Gasteiger partial charge is 0.342 e. The molecular formula is C12H10FNO3. The monoisotopic (exact) mass is 235 g/mol. The van der Waals surface area contributed by atoms with Crippen molar-refractivity contribution in [2.45, 2.75) is 0 Å². The Kier molecular flexibility index (Phi) is 2.91. The van der Waals surface area contributed by atoms with Crippen LogP contribution in [0.1, 0.15) is 10.4 Å². The number of carbonyl (C=O) groups excluding carboxylic acids is 1. The summed E-state index contributed by atoms with van der Waals surface area (Å²) in [6, 6.07) is 4.01. The van der Waals surface area contributed by atoms with Crippen LogP contribution < -0.4 is 4.74 Å². The molecule has 0 spiro atoms. The number of methoxy groups -OCH3 is 2. The molecule has 0 bridgehead atoms. The van der Waals surface area contributed by atoms with Gasteiger partial charge in [-0.3, -0.25) is 4.98 Å². The van der Waals surface area contributed by atoms with Gasteiger partial charge in [-0.1, -0.05) is 0 Å². The second-order valence-corrected chi connectivity index (χ2v) is 3.35. The quantitative estimate of drug-likeness (QED) is 0.748. The first-order valence-electron chi connectivity index (χ1n) is 4.88. The fourth-order valence-electron chi connectivity index (χ4n) is 1.61. The molecule has 0 aliphatic heterocycles. The van der Waals surface area contributed by atoms with Crippen molar-refractivity contribution in [2.75, 3.05) is 14.2 Å². The third-order valence-corrected chi connectivity index (χ3v) is 2.40. The van der Waals surface area contributed by atoms with Gasteiger partial charge in [0.1, 0.15) is 11.4 Å². The van der Waals surface area contributed by atoms with E-state index in [0.717, 1.165) is 0 Å². The fraction of sp³-hybridized carbons (Fsp3) is 0.167. The Morgan fingerprint density at radius 2 is 2.12 bits per heavy atom. The van der Waals surface area contributed by atoms with Crippen LogP contribution >= 0.6 is 0 Å². The van der Waals surface area contributed by atoms with Crippen LogP contribution in [-0.2, 0) is 4.74 Å². The molecule has 0 aliphatic rings. The van der Waals surface area contributed by atoms with Crippen molar-refractivity contribution in [3.05, 3.63) is 35.8 Å². The van der Waals surface area contributed by atoms with E-state index in [1.807, 2.05) is 0 Å². The minimum Gasteiger partial charge on any atom is -0.494 e. The highest BCUT2D eigenvalue weighted by Crippen LogP contribution is 2.27. The maximum atomic E-state index is 13.2. The highest BCUT2D eigenvalue weighted by atomic mass is 19.1. The number of carbonyl (C=O) groups is 1. The van der Waals surface area contributed by atoms with Gasteiger partial charge in [0, 0.05) is 5.39 Å². The Bertz CT molecular complexity index is 583. The Labute approximate surface area is 97.0 Å². The largest absolute Gasteiger partial charge is 0.494 e. The van der Waals surface area contributed by atoms with Crippen LogP contribution in [0.2, 0.25) is 0 Å². The maximum Gasteiger partial charge on any atom is 0.342 e. The van der Waals surface area contributed by atoms with Gasteiger partial charge in [0.2, 0.25) is 0 Å². The predicted molar refractivity (Wildman–Crippen MR) is 59.6 cm³/mol. The molecule has 88 valence electrons. The van der Waals surface area contributed by atoms with Crippen molar-refractivity contribution in [1.82, 2.24) is 4.98 Å². The number of benzene rings is 1. The molecule has 0 N–H and O–H groups in total. The standard InChI is InChI=1S/C12H10FNO3/c1-16-10-6-14-9-4-3-7(13)5-8(9)11(10)12(15)17-2/h3-6H,1-2H3. The molecule has 2 rings (SSSR count). The van der Waals surface area contributed by atoms with Gasteiger partial charge in [0.15, 0.2) is 5.75 Å². The zero-order valence-corrected chi connectivity index (χ0v) is 9.36. The van der Waals surface area contributed by atoms with E-state index in [4.69, 9.17) is 4.74 Å². The van der Waals surface area contributed by atoms with Crippen LogP contribution in [0.15, 0.2) is 24.4 Å². The number of aromatic nitrogens is 1. The van der Waals surface area contributed by atoms with Crippen LogP contribution in [0.3, 0.4) is 0 Å². The molecule has 0 saturated heterocycles. The van der Waals surface area contributed by atoms with E-state index in [-0.39, 0.29) is 11.3 Å². The molecule has 0 unspecified atom stereocenters. The van der Waals surface area contributed by atoms with E-state index in [9.17, 15) is 9.18 Å². The summed E-state index contributed by atoms with van der Waals surface area (Å²) in [6.45, 7) is 0. The maximum absolute atomic E-state index is 13.2. The number of nitrogens with zero attached hydrogens (tertiary/aromatic N) is 1. The lowest BCUT2D eigenvalue weighted by atomic mass is 10.1. The molecule has 1 heterocycles. The number of pyridine rings is 1. The summed E-state index contributed by atoms with van der Waals surface area (Å²) in [7, 11) is 2.67. The molecule has 0 amide bonds. The van der Waals surface area contributed by atoms with E-state index in [1.165, 1.54) is 38.6 Å². The summed E-state index contributed by atoms with van der Waals surface area (Å²) in [5.74, 6) is -0.771. The number of hydrogen-bond donors (Lipinski definition) is 0. The highest BCUT2D eigenvalue weighted by molar-refractivity contribution is 6.05. The van der Waals surface area contributed by atoms with Gasteiger partial charge in [0.25, 0.3) is 0 Å². The summed E-state index contributed by atoms with van der Waals surface area (Å²) in [6.07, 6.45) is 1.41. The lowest BCUT2D eigenvalue weighted by Crippen LogP contribution is -2.06. The SMILES string of the molecule is COC(=O)c1c(OC)cnc2ccc(F)cc12. The molecule has 2 aromatic rings. The van der Waals surface area contributed by atoms with Crippen molar-refractivity contribution in [3.63, 3.8) is 0 Å². The summed E-state index contributed by atoms with van der Waals surface area (Å²) in [4.78, 5) is 15.7. The van der Waals surface area contributed by atoms with Crippen LogP contribution in [-0.4, -0.2) is 25.2 Å². The van der Waals surface area contributed by atoms with E-state index in [2.05, 4.69) is 9.72 Å². The third-order valence-electron chi connectivity index (χ3n) is 2.40. The molecule has 1 aromatic heterocycles. The predicted octanol–water partition coefficient (Wildman–Crippen LogP) is 2.17. The van der Waals surface area contributed by atoms with Crippen LogP contribution in [0, 0.1) is 5.82 Å². The van der Waals surface area contributed by atoms with Crippen molar-refractivity contribution in [3.8, 4) is 5.75 Å². The van der Waals surface area contributed by atoms with Gasteiger partial charge < -0.3 is 9.47 Å². The zero-order valence-electron chi connectivity index (χ0n) is 9.36. The summed E-state index contributed by atoms with van der Waals surface area (Å²) in [5.41, 5.74) is 0.687. The Morgan fingerprint density at radius 3 is 2.76 bits per heavy atom. The van der Waals surface area contributed by atoms with Gasteiger partial charge >= 0.3 is 5.97 Å². The molecule has 0 saturated carbocycles. The molecule has 0 atom stereocenters. The lowest BCUT2D eigenvalue weighted by Gasteiger charge is -2.09. The third kappa shape index (κ3) is 1.91. The number of ether oxygens (including phenoxy) is 2. The minimum atomic E-state index is -0.583. The Hall–Kier alpha value is -2.17.